The Morgan fingerprint density at radius 3 is 2.62 bits per heavy atom. The highest BCUT2D eigenvalue weighted by molar-refractivity contribution is 6.31. The van der Waals surface area contributed by atoms with Crippen molar-refractivity contribution in [3.63, 3.8) is 0 Å². The van der Waals surface area contributed by atoms with Gasteiger partial charge in [-0.1, -0.05) is 11.6 Å². The molecule has 2 aromatic rings. The highest BCUT2D eigenvalue weighted by atomic mass is 35.5. The zero-order valence-corrected chi connectivity index (χ0v) is 12.8. The number of hydrogen-bond acceptors (Lipinski definition) is 3. The maximum absolute atomic E-state index is 9.76. The summed E-state index contributed by atoms with van der Waals surface area (Å²) in [6, 6.07) is 8.04. The largest absolute Gasteiger partial charge is 0.393 e. The maximum Gasteiger partial charge on any atom is 0.129 e. The monoisotopic (exact) mass is 302 g/mol. The van der Waals surface area contributed by atoms with Gasteiger partial charge in [0.05, 0.1) is 11.6 Å². The molecule has 3 atom stereocenters. The number of halogens is 1. The predicted molar refractivity (Wildman–Crippen MR) is 85.9 cm³/mol. The van der Waals surface area contributed by atoms with E-state index >= 15 is 0 Å². The smallest absolute Gasteiger partial charge is 0.129 e. The average Bonchev–Trinajstić information content (AvgIpc) is 2.96. The van der Waals surface area contributed by atoms with Crippen molar-refractivity contribution < 1.29 is 5.11 Å². The summed E-state index contributed by atoms with van der Waals surface area (Å²) in [5, 5.41) is 11.6. The van der Waals surface area contributed by atoms with Gasteiger partial charge in [0.25, 0.3) is 0 Å². The number of nitrogens with zero attached hydrogens (tertiary/aromatic N) is 2. The van der Waals surface area contributed by atoms with Crippen LogP contribution in [-0.2, 0) is 0 Å². The second kappa shape index (κ2) is 4.85. The zero-order valence-electron chi connectivity index (χ0n) is 12.1. The van der Waals surface area contributed by atoms with E-state index in [4.69, 9.17) is 16.6 Å². The first-order valence-corrected chi connectivity index (χ1v) is 7.98. The van der Waals surface area contributed by atoms with E-state index in [2.05, 4.69) is 17.9 Å². The first-order chi connectivity index (χ1) is 10.1. The van der Waals surface area contributed by atoms with Crippen LogP contribution in [0.25, 0.3) is 10.9 Å². The normalized spacial score (nSPS) is 28.3. The standard InChI is InChI=1S/C17H19ClN2O/c1-10-4-17(19-16-3-2-13(18)7-15(10)16)20-8-11-5-14(21)6-12(11)9-20/h2-4,7,11-12,14,21H,5-6,8-9H2,1H3/t11-,12+,14?. The Morgan fingerprint density at radius 1 is 1.19 bits per heavy atom. The summed E-state index contributed by atoms with van der Waals surface area (Å²) in [5.74, 6) is 2.32. The summed E-state index contributed by atoms with van der Waals surface area (Å²) in [4.78, 5) is 7.19. The summed E-state index contributed by atoms with van der Waals surface area (Å²) >= 11 is 6.07. The minimum absolute atomic E-state index is 0.0874. The molecule has 1 unspecified atom stereocenters. The van der Waals surface area contributed by atoms with Crippen molar-refractivity contribution in [2.24, 2.45) is 11.8 Å². The molecule has 0 bridgehead atoms. The molecule has 4 rings (SSSR count). The van der Waals surface area contributed by atoms with Gasteiger partial charge in [-0.25, -0.2) is 4.98 Å². The van der Waals surface area contributed by atoms with Gasteiger partial charge in [-0.05, 0) is 61.4 Å². The first-order valence-electron chi connectivity index (χ1n) is 7.60. The summed E-state index contributed by atoms with van der Waals surface area (Å²) in [6.07, 6.45) is 1.81. The number of rotatable bonds is 1. The van der Waals surface area contributed by atoms with E-state index in [9.17, 15) is 5.11 Å². The van der Waals surface area contributed by atoms with Gasteiger partial charge in [0.1, 0.15) is 5.82 Å². The van der Waals surface area contributed by atoms with Gasteiger partial charge >= 0.3 is 0 Å². The quantitative estimate of drug-likeness (QED) is 0.877. The molecule has 1 aliphatic heterocycles. The molecule has 1 aromatic carbocycles. The van der Waals surface area contributed by atoms with Crippen molar-refractivity contribution in [1.29, 1.82) is 0 Å². The summed E-state index contributed by atoms with van der Waals surface area (Å²) in [7, 11) is 0. The molecule has 1 saturated heterocycles. The lowest BCUT2D eigenvalue weighted by Crippen LogP contribution is -2.23. The van der Waals surface area contributed by atoms with Crippen LogP contribution in [0.15, 0.2) is 24.3 Å². The average molecular weight is 303 g/mol. The van der Waals surface area contributed by atoms with Crippen molar-refractivity contribution in [3.05, 3.63) is 34.9 Å². The summed E-state index contributed by atoms with van der Waals surface area (Å²) < 4.78 is 0. The highest BCUT2D eigenvalue weighted by Gasteiger charge is 2.40. The Morgan fingerprint density at radius 2 is 1.90 bits per heavy atom. The Hall–Kier alpha value is -1.32. The fourth-order valence-electron chi connectivity index (χ4n) is 3.97. The Kier molecular flexibility index (Phi) is 3.09. The molecule has 4 heteroatoms. The fraction of sp³-hybridized carbons (Fsp3) is 0.471. The Bertz CT molecular complexity index is 688. The molecule has 0 amide bonds. The van der Waals surface area contributed by atoms with Crippen LogP contribution in [-0.4, -0.2) is 29.3 Å². The van der Waals surface area contributed by atoms with Gasteiger partial charge in [-0.2, -0.15) is 0 Å². The lowest BCUT2D eigenvalue weighted by Gasteiger charge is -2.20. The third kappa shape index (κ3) is 2.29. The molecular weight excluding hydrogens is 284 g/mol. The van der Waals surface area contributed by atoms with Gasteiger partial charge in [-0.15, -0.1) is 0 Å². The van der Waals surface area contributed by atoms with Crippen LogP contribution in [0, 0.1) is 18.8 Å². The number of anilines is 1. The number of aliphatic hydroxyl groups excluding tert-OH is 1. The number of pyridine rings is 1. The topological polar surface area (TPSA) is 36.4 Å². The van der Waals surface area contributed by atoms with E-state index in [1.54, 1.807) is 0 Å². The predicted octanol–water partition coefficient (Wildman–Crippen LogP) is 3.40. The SMILES string of the molecule is Cc1cc(N2C[C@H]3CC(O)C[C@H]3C2)nc2ccc(Cl)cc12. The molecule has 2 aliphatic rings. The van der Waals surface area contributed by atoms with Crippen molar-refractivity contribution in [2.75, 3.05) is 18.0 Å². The molecule has 2 heterocycles. The molecule has 2 fully saturated rings. The molecule has 1 saturated carbocycles. The van der Waals surface area contributed by atoms with E-state index in [1.807, 2.05) is 18.2 Å². The molecule has 110 valence electrons. The number of aromatic nitrogens is 1. The maximum atomic E-state index is 9.76. The summed E-state index contributed by atoms with van der Waals surface area (Å²) in [5.41, 5.74) is 2.22. The van der Waals surface area contributed by atoms with Crippen molar-refractivity contribution in [3.8, 4) is 0 Å². The van der Waals surface area contributed by atoms with Crippen LogP contribution >= 0.6 is 11.6 Å². The number of aryl methyl sites for hydroxylation is 1. The molecule has 0 radical (unpaired) electrons. The third-order valence-electron chi connectivity index (χ3n) is 5.01. The fourth-order valence-corrected chi connectivity index (χ4v) is 4.14. The Labute approximate surface area is 129 Å². The van der Waals surface area contributed by atoms with E-state index in [0.29, 0.717) is 11.8 Å². The molecule has 1 N–H and O–H groups in total. The molecular formula is C17H19ClN2O. The van der Waals surface area contributed by atoms with Crippen molar-refractivity contribution in [1.82, 2.24) is 4.98 Å². The number of hydrogen-bond donors (Lipinski definition) is 1. The van der Waals surface area contributed by atoms with Gasteiger partial charge in [0, 0.05) is 23.5 Å². The Balaban J connectivity index is 1.67. The van der Waals surface area contributed by atoms with Gasteiger partial charge in [0.2, 0.25) is 0 Å². The molecule has 1 aliphatic carbocycles. The molecule has 21 heavy (non-hydrogen) atoms. The van der Waals surface area contributed by atoms with Gasteiger partial charge in [-0.3, -0.25) is 0 Å². The van der Waals surface area contributed by atoms with Gasteiger partial charge < -0.3 is 10.0 Å². The minimum atomic E-state index is -0.0874. The van der Waals surface area contributed by atoms with Crippen LogP contribution in [0.3, 0.4) is 0 Å². The lowest BCUT2D eigenvalue weighted by molar-refractivity contribution is 0.174. The van der Waals surface area contributed by atoms with E-state index < -0.39 is 0 Å². The summed E-state index contributed by atoms with van der Waals surface area (Å²) in [6.45, 7) is 4.16. The second-order valence-corrected chi connectivity index (χ2v) is 6.95. The van der Waals surface area contributed by atoms with Crippen LogP contribution in [0.5, 0.6) is 0 Å². The van der Waals surface area contributed by atoms with Crippen LogP contribution in [0.1, 0.15) is 18.4 Å². The van der Waals surface area contributed by atoms with Crippen molar-refractivity contribution in [2.45, 2.75) is 25.9 Å². The molecule has 1 aromatic heterocycles. The minimum Gasteiger partial charge on any atom is -0.393 e. The van der Waals surface area contributed by atoms with E-state index in [1.165, 1.54) is 5.56 Å². The van der Waals surface area contributed by atoms with Crippen LogP contribution in [0.2, 0.25) is 5.02 Å². The van der Waals surface area contributed by atoms with Crippen LogP contribution < -0.4 is 4.90 Å². The highest BCUT2D eigenvalue weighted by Crippen LogP contribution is 2.40. The molecule has 0 spiro atoms. The zero-order chi connectivity index (χ0) is 14.6. The number of aliphatic hydroxyl groups is 1. The second-order valence-electron chi connectivity index (χ2n) is 6.51. The first kappa shape index (κ1) is 13.4. The number of fused-ring (bicyclic) bond motifs is 2. The van der Waals surface area contributed by atoms with E-state index in [-0.39, 0.29) is 6.10 Å². The van der Waals surface area contributed by atoms with E-state index in [0.717, 1.165) is 47.7 Å². The number of benzene rings is 1. The third-order valence-corrected chi connectivity index (χ3v) is 5.25. The van der Waals surface area contributed by atoms with Crippen LogP contribution in [0.4, 0.5) is 5.82 Å². The lowest BCUT2D eigenvalue weighted by atomic mass is 10.0. The molecule has 3 nitrogen and oxygen atoms in total. The van der Waals surface area contributed by atoms with Crippen molar-refractivity contribution >= 4 is 28.3 Å². The van der Waals surface area contributed by atoms with Gasteiger partial charge in [0.15, 0.2) is 0 Å².